The van der Waals surface area contributed by atoms with Crippen molar-refractivity contribution < 1.29 is 4.39 Å². The van der Waals surface area contributed by atoms with Gasteiger partial charge in [-0.05, 0) is 49.2 Å². The highest BCUT2D eigenvalue weighted by atomic mass is 32.2. The van der Waals surface area contributed by atoms with Gasteiger partial charge in [-0.25, -0.2) is 4.39 Å². The minimum Gasteiger partial charge on any atom is -0.368 e. The average Bonchev–Trinajstić information content (AvgIpc) is 3.33. The molecule has 154 valence electrons. The summed E-state index contributed by atoms with van der Waals surface area (Å²) in [6.45, 7) is 2.96. The number of nitrogen functional groups attached to an aromatic ring is 1. The van der Waals surface area contributed by atoms with Crippen LogP contribution in [0.3, 0.4) is 0 Å². The van der Waals surface area contributed by atoms with Crippen LogP contribution in [0.25, 0.3) is 0 Å². The van der Waals surface area contributed by atoms with Crippen LogP contribution in [0.2, 0.25) is 0 Å². The van der Waals surface area contributed by atoms with Crippen LogP contribution in [-0.4, -0.2) is 40.6 Å². The van der Waals surface area contributed by atoms with Crippen LogP contribution >= 0.6 is 11.8 Å². The second kappa shape index (κ2) is 8.08. The van der Waals surface area contributed by atoms with E-state index in [0.717, 1.165) is 30.3 Å². The third kappa shape index (κ3) is 4.03. The highest BCUT2D eigenvalue weighted by molar-refractivity contribution is 7.99. The number of fused-ring (bicyclic) bond motifs is 1. The molecule has 2 unspecified atom stereocenters. The summed E-state index contributed by atoms with van der Waals surface area (Å²) in [7, 11) is 0. The number of halogens is 1. The van der Waals surface area contributed by atoms with Crippen molar-refractivity contribution in [1.82, 2.24) is 20.3 Å². The standard InChI is InChI=1S/C21H22FN7S/c22-16-9-14(1-2-18(16)30-15-4-6-24-7-5-15)26-19-10-20(28-21(23)27-19)29-11-13-3-8-25-17(13)12-29/h1-2,4-7,9-10,13,17,25H,3,8,11-12H2,(H3,23,26,27,28). The van der Waals surface area contributed by atoms with Crippen molar-refractivity contribution in [2.75, 3.05) is 35.6 Å². The molecule has 3 aromatic rings. The van der Waals surface area contributed by atoms with E-state index in [-0.39, 0.29) is 11.8 Å². The zero-order chi connectivity index (χ0) is 20.5. The molecule has 7 nitrogen and oxygen atoms in total. The first-order chi connectivity index (χ1) is 14.6. The number of nitrogens with one attached hydrogen (secondary N) is 2. The van der Waals surface area contributed by atoms with Crippen molar-refractivity contribution in [3.05, 3.63) is 54.6 Å². The number of hydrogen-bond acceptors (Lipinski definition) is 8. The van der Waals surface area contributed by atoms with E-state index in [9.17, 15) is 4.39 Å². The van der Waals surface area contributed by atoms with Gasteiger partial charge in [0.2, 0.25) is 5.95 Å². The van der Waals surface area contributed by atoms with Crippen LogP contribution in [-0.2, 0) is 0 Å². The fourth-order valence-corrected chi connectivity index (χ4v) is 4.86. The van der Waals surface area contributed by atoms with Gasteiger partial charge in [0.15, 0.2) is 0 Å². The predicted octanol–water partition coefficient (Wildman–Crippen LogP) is 3.29. The molecule has 0 saturated carbocycles. The Kier molecular flexibility index (Phi) is 5.14. The van der Waals surface area contributed by atoms with Gasteiger partial charge in [-0.3, -0.25) is 4.98 Å². The topological polar surface area (TPSA) is 92.0 Å². The second-order valence-corrected chi connectivity index (χ2v) is 8.65. The van der Waals surface area contributed by atoms with E-state index >= 15 is 0 Å². The lowest BCUT2D eigenvalue weighted by Gasteiger charge is -2.19. The first-order valence-corrected chi connectivity index (χ1v) is 10.7. The fraction of sp³-hybridized carbons (Fsp3) is 0.286. The fourth-order valence-electron chi connectivity index (χ4n) is 4.06. The van der Waals surface area contributed by atoms with Crippen molar-refractivity contribution in [1.29, 1.82) is 0 Å². The summed E-state index contributed by atoms with van der Waals surface area (Å²) in [5, 5.41) is 6.70. The molecule has 1 aromatic carbocycles. The maximum Gasteiger partial charge on any atom is 0.223 e. The Morgan fingerprint density at radius 3 is 2.80 bits per heavy atom. The van der Waals surface area contributed by atoms with Crippen molar-refractivity contribution in [2.24, 2.45) is 5.92 Å². The number of aromatic nitrogens is 3. The van der Waals surface area contributed by atoms with Crippen LogP contribution in [0, 0.1) is 11.7 Å². The summed E-state index contributed by atoms with van der Waals surface area (Å²) in [6, 6.07) is 11.1. The van der Waals surface area contributed by atoms with Crippen molar-refractivity contribution >= 4 is 35.0 Å². The van der Waals surface area contributed by atoms with Gasteiger partial charge in [-0.15, -0.1) is 0 Å². The van der Waals surface area contributed by atoms with Gasteiger partial charge in [0, 0.05) is 53.1 Å². The summed E-state index contributed by atoms with van der Waals surface area (Å²) in [5.74, 6) is 1.90. The SMILES string of the molecule is Nc1nc(Nc2ccc(Sc3ccncc3)c(F)c2)cc(N2CC3CCNC3C2)n1. The van der Waals surface area contributed by atoms with Crippen molar-refractivity contribution in [2.45, 2.75) is 22.3 Å². The maximum atomic E-state index is 14.6. The molecule has 0 spiro atoms. The van der Waals surface area contributed by atoms with Crippen LogP contribution in [0.1, 0.15) is 6.42 Å². The largest absolute Gasteiger partial charge is 0.368 e. The number of hydrogen-bond donors (Lipinski definition) is 3. The molecule has 0 amide bonds. The van der Waals surface area contributed by atoms with Gasteiger partial charge < -0.3 is 21.3 Å². The molecule has 0 radical (unpaired) electrons. The maximum absolute atomic E-state index is 14.6. The lowest BCUT2D eigenvalue weighted by atomic mass is 10.1. The van der Waals surface area contributed by atoms with E-state index in [4.69, 9.17) is 5.73 Å². The molecule has 4 N–H and O–H groups in total. The molecule has 30 heavy (non-hydrogen) atoms. The minimum absolute atomic E-state index is 0.199. The Balaban J connectivity index is 1.32. The molecule has 2 saturated heterocycles. The molecule has 2 aromatic heterocycles. The Morgan fingerprint density at radius 1 is 1.13 bits per heavy atom. The van der Waals surface area contributed by atoms with E-state index in [2.05, 4.69) is 30.5 Å². The number of rotatable bonds is 5. The number of nitrogens with zero attached hydrogens (tertiary/aromatic N) is 4. The number of nitrogens with two attached hydrogens (primary N) is 1. The Morgan fingerprint density at radius 2 is 2.00 bits per heavy atom. The summed E-state index contributed by atoms with van der Waals surface area (Å²) in [4.78, 5) is 16.4. The normalized spacial score (nSPS) is 20.4. The smallest absolute Gasteiger partial charge is 0.223 e. The zero-order valence-electron chi connectivity index (χ0n) is 16.3. The molecule has 9 heteroatoms. The number of pyridine rings is 1. The van der Waals surface area contributed by atoms with E-state index in [1.165, 1.54) is 24.2 Å². The van der Waals surface area contributed by atoms with E-state index in [1.54, 1.807) is 18.5 Å². The van der Waals surface area contributed by atoms with E-state index < -0.39 is 0 Å². The summed E-state index contributed by atoms with van der Waals surface area (Å²) < 4.78 is 14.6. The quantitative estimate of drug-likeness (QED) is 0.576. The molecular weight excluding hydrogens is 401 g/mol. The third-order valence-corrected chi connectivity index (χ3v) is 6.56. The zero-order valence-corrected chi connectivity index (χ0v) is 17.1. The molecule has 5 rings (SSSR count). The summed E-state index contributed by atoms with van der Waals surface area (Å²) in [5.41, 5.74) is 6.56. The molecular formula is C21H22FN7S. The Hall–Kier alpha value is -2.91. The van der Waals surface area contributed by atoms with Crippen molar-refractivity contribution in [3.63, 3.8) is 0 Å². The van der Waals surface area contributed by atoms with Gasteiger partial charge in [0.1, 0.15) is 17.5 Å². The highest BCUT2D eigenvalue weighted by Gasteiger charge is 2.36. The average molecular weight is 424 g/mol. The van der Waals surface area contributed by atoms with Crippen LogP contribution in [0.5, 0.6) is 0 Å². The molecule has 4 heterocycles. The van der Waals surface area contributed by atoms with Crippen LogP contribution in [0.4, 0.5) is 27.7 Å². The molecule has 0 aliphatic carbocycles. The van der Waals surface area contributed by atoms with E-state index in [0.29, 0.717) is 28.4 Å². The van der Waals surface area contributed by atoms with Gasteiger partial charge in [-0.1, -0.05) is 11.8 Å². The second-order valence-electron chi connectivity index (χ2n) is 7.54. The molecule has 2 aliphatic heterocycles. The van der Waals surface area contributed by atoms with Gasteiger partial charge >= 0.3 is 0 Å². The van der Waals surface area contributed by atoms with Gasteiger partial charge in [-0.2, -0.15) is 9.97 Å². The Labute approximate surface area is 178 Å². The first-order valence-electron chi connectivity index (χ1n) is 9.91. The first kappa shape index (κ1) is 19.1. The Bertz CT molecular complexity index is 1040. The lowest BCUT2D eigenvalue weighted by Crippen LogP contribution is -2.30. The molecule has 0 bridgehead atoms. The third-order valence-electron chi connectivity index (χ3n) is 5.50. The van der Waals surface area contributed by atoms with Crippen molar-refractivity contribution in [3.8, 4) is 0 Å². The summed E-state index contributed by atoms with van der Waals surface area (Å²) >= 11 is 1.36. The number of benzene rings is 1. The summed E-state index contributed by atoms with van der Waals surface area (Å²) in [6.07, 6.45) is 4.57. The predicted molar refractivity (Wildman–Crippen MR) is 117 cm³/mol. The van der Waals surface area contributed by atoms with Crippen LogP contribution < -0.4 is 21.3 Å². The lowest BCUT2D eigenvalue weighted by molar-refractivity contribution is 0.556. The molecule has 2 atom stereocenters. The number of anilines is 4. The van der Waals surface area contributed by atoms with Gasteiger partial charge in [0.25, 0.3) is 0 Å². The highest BCUT2D eigenvalue weighted by Crippen LogP contribution is 2.32. The van der Waals surface area contributed by atoms with E-state index in [1.807, 2.05) is 24.3 Å². The monoisotopic (exact) mass is 423 g/mol. The van der Waals surface area contributed by atoms with Gasteiger partial charge in [0.05, 0.1) is 0 Å². The molecule has 2 fully saturated rings. The minimum atomic E-state index is -0.303. The molecule has 2 aliphatic rings. The van der Waals surface area contributed by atoms with Crippen LogP contribution in [0.15, 0.2) is 58.6 Å².